The van der Waals surface area contributed by atoms with E-state index in [0.717, 1.165) is 0 Å². The number of rotatable bonds is 1. The molecule has 0 saturated carbocycles. The molecule has 1 aliphatic rings. The summed E-state index contributed by atoms with van der Waals surface area (Å²) >= 11 is 0. The van der Waals surface area contributed by atoms with E-state index in [4.69, 9.17) is 9.84 Å². The molecule has 1 aromatic rings. The highest BCUT2D eigenvalue weighted by Crippen LogP contribution is 2.50. The highest BCUT2D eigenvalue weighted by Gasteiger charge is 2.61. The lowest BCUT2D eigenvalue weighted by Crippen LogP contribution is -2.52. The van der Waals surface area contributed by atoms with Gasteiger partial charge in [0.2, 0.25) is 0 Å². The Morgan fingerprint density at radius 3 is 2.07 bits per heavy atom. The molecule has 2 rings (SSSR count). The molecule has 1 unspecified atom stereocenters. The highest BCUT2D eigenvalue weighted by atomic mass is 19.4. The molecule has 1 N–H and O–H groups in total. The largest absolute Gasteiger partial charge is 0.508 e. The van der Waals surface area contributed by atoms with Crippen LogP contribution in [0.4, 0.5) is 13.2 Å². The molecule has 1 fully saturated rings. The van der Waals surface area contributed by atoms with Gasteiger partial charge < -0.3 is 9.84 Å². The van der Waals surface area contributed by atoms with Gasteiger partial charge in [-0.05, 0) is 17.7 Å². The SMILES string of the molecule is Oc1ccc(C2(C(F)(F)F)CCO2)cc1. The minimum atomic E-state index is -4.41. The number of hydrogen-bond acceptors (Lipinski definition) is 2. The van der Waals surface area contributed by atoms with Crippen LogP contribution in [0.3, 0.4) is 0 Å². The van der Waals surface area contributed by atoms with Crippen molar-refractivity contribution in [3.05, 3.63) is 29.8 Å². The standard InChI is InChI=1S/C10H9F3O2/c11-10(12,13)9(5-6-15-9)7-1-3-8(14)4-2-7/h1-4,14H,5-6H2. The molecular formula is C10H9F3O2. The number of ether oxygens (including phenoxy) is 1. The molecule has 1 saturated heterocycles. The smallest absolute Gasteiger partial charge is 0.421 e. The molecule has 0 aliphatic carbocycles. The van der Waals surface area contributed by atoms with Gasteiger partial charge in [0.25, 0.3) is 0 Å². The number of benzene rings is 1. The van der Waals surface area contributed by atoms with Crippen LogP contribution in [0.1, 0.15) is 12.0 Å². The average Bonchev–Trinajstić information content (AvgIpc) is 2.03. The predicted molar refractivity (Wildman–Crippen MR) is 46.4 cm³/mol. The van der Waals surface area contributed by atoms with Crippen molar-refractivity contribution in [1.82, 2.24) is 0 Å². The van der Waals surface area contributed by atoms with E-state index in [1.807, 2.05) is 0 Å². The van der Waals surface area contributed by atoms with E-state index in [1.54, 1.807) is 0 Å². The lowest BCUT2D eigenvalue weighted by molar-refractivity contribution is -0.333. The van der Waals surface area contributed by atoms with E-state index in [1.165, 1.54) is 24.3 Å². The maximum absolute atomic E-state index is 12.8. The summed E-state index contributed by atoms with van der Waals surface area (Å²) in [5.41, 5.74) is -2.13. The summed E-state index contributed by atoms with van der Waals surface area (Å²) in [6.45, 7) is 0.111. The van der Waals surface area contributed by atoms with Gasteiger partial charge in [0.1, 0.15) is 5.75 Å². The summed E-state index contributed by atoms with van der Waals surface area (Å²) in [5.74, 6) is -0.0598. The van der Waals surface area contributed by atoms with Crippen LogP contribution in [0.2, 0.25) is 0 Å². The number of alkyl halides is 3. The minimum Gasteiger partial charge on any atom is -0.508 e. The van der Waals surface area contributed by atoms with E-state index < -0.39 is 11.8 Å². The normalized spacial score (nSPS) is 26.1. The van der Waals surface area contributed by atoms with Gasteiger partial charge in [0.05, 0.1) is 6.61 Å². The second kappa shape index (κ2) is 3.13. The fourth-order valence-electron chi connectivity index (χ4n) is 1.65. The second-order valence-electron chi connectivity index (χ2n) is 3.47. The molecule has 15 heavy (non-hydrogen) atoms. The molecular weight excluding hydrogens is 209 g/mol. The lowest BCUT2D eigenvalue weighted by Gasteiger charge is -2.43. The third-order valence-corrected chi connectivity index (χ3v) is 2.59. The highest BCUT2D eigenvalue weighted by molar-refractivity contribution is 5.32. The Kier molecular flexibility index (Phi) is 2.15. The van der Waals surface area contributed by atoms with Gasteiger partial charge in [-0.3, -0.25) is 0 Å². The first-order chi connectivity index (χ1) is 6.96. The monoisotopic (exact) mass is 218 g/mol. The van der Waals surface area contributed by atoms with Gasteiger partial charge in [-0.15, -0.1) is 0 Å². The maximum Gasteiger partial charge on any atom is 0.421 e. The molecule has 0 amide bonds. The molecule has 1 aliphatic heterocycles. The molecule has 0 aromatic heterocycles. The Hall–Kier alpha value is -1.23. The third kappa shape index (κ3) is 1.47. The van der Waals surface area contributed by atoms with Crippen molar-refractivity contribution in [3.8, 4) is 5.75 Å². The third-order valence-electron chi connectivity index (χ3n) is 2.59. The Morgan fingerprint density at radius 1 is 1.20 bits per heavy atom. The first kappa shape index (κ1) is 10.3. The van der Waals surface area contributed by atoms with Gasteiger partial charge in [0, 0.05) is 6.42 Å². The van der Waals surface area contributed by atoms with E-state index >= 15 is 0 Å². The average molecular weight is 218 g/mol. The van der Waals surface area contributed by atoms with Crippen LogP contribution in [0.5, 0.6) is 5.75 Å². The topological polar surface area (TPSA) is 29.5 Å². The van der Waals surface area contributed by atoms with Crippen LogP contribution >= 0.6 is 0 Å². The molecule has 1 heterocycles. The van der Waals surface area contributed by atoms with Crippen molar-refractivity contribution < 1.29 is 23.0 Å². The van der Waals surface area contributed by atoms with E-state index in [2.05, 4.69) is 0 Å². The van der Waals surface area contributed by atoms with Crippen LogP contribution in [0.25, 0.3) is 0 Å². The molecule has 1 aromatic carbocycles. The Bertz CT molecular complexity index is 352. The van der Waals surface area contributed by atoms with E-state index in [-0.39, 0.29) is 24.3 Å². The molecule has 2 nitrogen and oxygen atoms in total. The molecule has 5 heteroatoms. The fourth-order valence-corrected chi connectivity index (χ4v) is 1.65. The Balaban J connectivity index is 2.39. The zero-order chi connectivity index (χ0) is 11.1. The van der Waals surface area contributed by atoms with Crippen molar-refractivity contribution in [2.45, 2.75) is 18.2 Å². The zero-order valence-corrected chi connectivity index (χ0v) is 7.71. The van der Waals surface area contributed by atoms with Crippen LogP contribution < -0.4 is 0 Å². The summed E-state index contributed by atoms with van der Waals surface area (Å²) < 4.78 is 43.0. The number of halogens is 3. The van der Waals surface area contributed by atoms with Crippen molar-refractivity contribution in [2.75, 3.05) is 6.61 Å². The van der Waals surface area contributed by atoms with Gasteiger partial charge in [-0.25, -0.2) is 0 Å². The zero-order valence-electron chi connectivity index (χ0n) is 7.71. The molecule has 0 radical (unpaired) electrons. The maximum atomic E-state index is 12.8. The molecule has 82 valence electrons. The van der Waals surface area contributed by atoms with Gasteiger partial charge in [0.15, 0.2) is 5.60 Å². The second-order valence-corrected chi connectivity index (χ2v) is 3.47. The predicted octanol–water partition coefficient (Wildman–Crippen LogP) is 2.57. The molecule has 1 atom stereocenters. The van der Waals surface area contributed by atoms with Gasteiger partial charge >= 0.3 is 6.18 Å². The first-order valence-electron chi connectivity index (χ1n) is 4.46. The number of phenolic OH excluding ortho intramolecular Hbond substituents is 1. The van der Waals surface area contributed by atoms with Crippen molar-refractivity contribution in [2.24, 2.45) is 0 Å². The van der Waals surface area contributed by atoms with Crippen LogP contribution in [0.15, 0.2) is 24.3 Å². The number of hydrogen-bond donors (Lipinski definition) is 1. The van der Waals surface area contributed by atoms with Gasteiger partial charge in [-0.2, -0.15) is 13.2 Å². The number of phenols is 1. The summed E-state index contributed by atoms with van der Waals surface area (Å²) in [6, 6.07) is 4.93. The van der Waals surface area contributed by atoms with Gasteiger partial charge in [-0.1, -0.05) is 12.1 Å². The summed E-state index contributed by atoms with van der Waals surface area (Å²) in [5, 5.41) is 8.99. The Morgan fingerprint density at radius 2 is 1.73 bits per heavy atom. The molecule has 0 spiro atoms. The van der Waals surface area contributed by atoms with E-state index in [9.17, 15) is 13.2 Å². The summed E-state index contributed by atoms with van der Waals surface area (Å²) in [4.78, 5) is 0. The summed E-state index contributed by atoms with van der Waals surface area (Å²) in [7, 11) is 0. The van der Waals surface area contributed by atoms with Crippen LogP contribution in [0, 0.1) is 0 Å². The minimum absolute atomic E-state index is 0.0408. The number of aromatic hydroxyl groups is 1. The quantitative estimate of drug-likeness (QED) is 0.784. The van der Waals surface area contributed by atoms with Crippen LogP contribution in [-0.4, -0.2) is 17.9 Å². The van der Waals surface area contributed by atoms with Crippen LogP contribution in [-0.2, 0) is 10.3 Å². The first-order valence-corrected chi connectivity index (χ1v) is 4.46. The molecule has 0 bridgehead atoms. The van der Waals surface area contributed by atoms with Crippen molar-refractivity contribution in [3.63, 3.8) is 0 Å². The van der Waals surface area contributed by atoms with Crippen molar-refractivity contribution >= 4 is 0 Å². The fraction of sp³-hybridized carbons (Fsp3) is 0.400. The van der Waals surface area contributed by atoms with E-state index in [0.29, 0.717) is 0 Å². The summed E-state index contributed by atoms with van der Waals surface area (Å²) in [6.07, 6.45) is -4.48. The van der Waals surface area contributed by atoms with Crippen molar-refractivity contribution in [1.29, 1.82) is 0 Å². The lowest BCUT2D eigenvalue weighted by atomic mass is 9.86. The Labute approximate surface area is 84.3 Å².